The minimum atomic E-state index is -0.196. The predicted octanol–water partition coefficient (Wildman–Crippen LogP) is 4.43. The Bertz CT molecular complexity index is 965. The molecule has 4 nitrogen and oxygen atoms in total. The standard InChI is InChI=1S/C19H17NO3S/c21-18-16-12-8-14(17(16)19(22)20(18)23)15(9-12)24-13-6-5-10-3-1-2-4-11(10)7-13/h1-7,12,14-15,21-23H,8-9H2. The number of rotatable bonds is 2. The molecule has 2 aliphatic carbocycles. The van der Waals surface area contributed by atoms with Gasteiger partial charge in [-0.2, -0.15) is 0 Å². The summed E-state index contributed by atoms with van der Waals surface area (Å²) in [5.41, 5.74) is 1.49. The molecule has 1 aromatic heterocycles. The highest BCUT2D eigenvalue weighted by Gasteiger charge is 2.49. The Morgan fingerprint density at radius 3 is 2.50 bits per heavy atom. The van der Waals surface area contributed by atoms with Crippen molar-refractivity contribution in [1.82, 2.24) is 4.73 Å². The van der Waals surface area contributed by atoms with Crippen molar-refractivity contribution < 1.29 is 15.4 Å². The summed E-state index contributed by atoms with van der Waals surface area (Å²) < 4.78 is 0.521. The maximum Gasteiger partial charge on any atom is 0.232 e. The molecule has 3 N–H and O–H groups in total. The Labute approximate surface area is 143 Å². The lowest BCUT2D eigenvalue weighted by molar-refractivity contribution is 0.128. The van der Waals surface area contributed by atoms with Crippen molar-refractivity contribution in [3.63, 3.8) is 0 Å². The van der Waals surface area contributed by atoms with E-state index in [4.69, 9.17) is 0 Å². The smallest absolute Gasteiger partial charge is 0.232 e. The van der Waals surface area contributed by atoms with Crippen LogP contribution in [0.15, 0.2) is 47.4 Å². The SMILES string of the molecule is Oc1c2c(c(O)n1O)C1CC2CC1Sc1ccc2ccccc2c1. The Balaban J connectivity index is 1.48. The van der Waals surface area contributed by atoms with E-state index in [0.29, 0.717) is 9.98 Å². The van der Waals surface area contributed by atoms with Crippen LogP contribution in [0, 0.1) is 0 Å². The number of aromatic hydroxyl groups is 2. The second-order valence-corrected chi connectivity index (χ2v) is 8.04. The molecular weight excluding hydrogens is 322 g/mol. The molecule has 24 heavy (non-hydrogen) atoms. The van der Waals surface area contributed by atoms with Crippen molar-refractivity contribution in [2.75, 3.05) is 0 Å². The van der Waals surface area contributed by atoms with Crippen LogP contribution in [0.3, 0.4) is 0 Å². The summed E-state index contributed by atoms with van der Waals surface area (Å²) in [5.74, 6) is 0.0194. The first-order chi connectivity index (χ1) is 11.6. The van der Waals surface area contributed by atoms with Gasteiger partial charge >= 0.3 is 0 Å². The normalized spacial score (nSPS) is 24.6. The van der Waals surface area contributed by atoms with Gasteiger partial charge in [0.25, 0.3) is 0 Å². The average Bonchev–Trinajstić information content (AvgIpc) is 3.23. The first kappa shape index (κ1) is 14.1. The third kappa shape index (κ3) is 1.82. The van der Waals surface area contributed by atoms with E-state index in [1.165, 1.54) is 15.7 Å². The molecule has 1 fully saturated rings. The highest BCUT2D eigenvalue weighted by atomic mass is 32.2. The summed E-state index contributed by atoms with van der Waals surface area (Å²) in [6, 6.07) is 14.8. The lowest BCUT2D eigenvalue weighted by atomic mass is 9.94. The van der Waals surface area contributed by atoms with E-state index in [0.717, 1.165) is 24.0 Å². The Morgan fingerprint density at radius 1 is 0.917 bits per heavy atom. The molecule has 2 aliphatic rings. The summed E-state index contributed by atoms with van der Waals surface area (Å²) >= 11 is 1.83. The van der Waals surface area contributed by atoms with Crippen molar-refractivity contribution in [3.05, 3.63) is 53.6 Å². The predicted molar refractivity (Wildman–Crippen MR) is 93.3 cm³/mol. The molecule has 3 aromatic rings. The summed E-state index contributed by atoms with van der Waals surface area (Å²) in [6.45, 7) is 0. The zero-order chi connectivity index (χ0) is 16.4. The topological polar surface area (TPSA) is 65.6 Å². The van der Waals surface area contributed by atoms with Crippen LogP contribution in [-0.4, -0.2) is 25.4 Å². The number of fused-ring (bicyclic) bond motifs is 6. The molecule has 5 heteroatoms. The second kappa shape index (κ2) is 4.86. The van der Waals surface area contributed by atoms with E-state index < -0.39 is 0 Å². The van der Waals surface area contributed by atoms with E-state index in [9.17, 15) is 15.4 Å². The van der Waals surface area contributed by atoms with E-state index in [2.05, 4.69) is 30.3 Å². The van der Waals surface area contributed by atoms with Gasteiger partial charge in [0.15, 0.2) is 0 Å². The van der Waals surface area contributed by atoms with Gasteiger partial charge in [-0.15, -0.1) is 16.5 Å². The fourth-order valence-corrected chi connectivity index (χ4v) is 5.85. The third-order valence-corrected chi connectivity index (χ3v) is 6.81. The third-order valence-electron chi connectivity index (χ3n) is 5.46. The molecule has 0 aliphatic heterocycles. The van der Waals surface area contributed by atoms with Crippen LogP contribution in [0.25, 0.3) is 10.8 Å². The molecule has 0 amide bonds. The number of hydrogen-bond donors (Lipinski definition) is 3. The number of thioether (sulfide) groups is 1. The van der Waals surface area contributed by atoms with Gasteiger partial charge in [-0.05, 0) is 41.7 Å². The molecule has 3 unspecified atom stereocenters. The van der Waals surface area contributed by atoms with Gasteiger partial charge in [-0.3, -0.25) is 0 Å². The molecule has 0 saturated heterocycles. The summed E-state index contributed by atoms with van der Waals surface area (Å²) in [7, 11) is 0. The lowest BCUT2D eigenvalue weighted by Gasteiger charge is -2.21. The van der Waals surface area contributed by atoms with Crippen molar-refractivity contribution in [2.45, 2.75) is 34.8 Å². The summed E-state index contributed by atoms with van der Waals surface area (Å²) in [5, 5.41) is 32.7. The van der Waals surface area contributed by atoms with Gasteiger partial charge in [-0.1, -0.05) is 30.3 Å². The van der Waals surface area contributed by atoms with Gasteiger partial charge in [0.1, 0.15) is 0 Å². The Morgan fingerprint density at radius 2 is 1.67 bits per heavy atom. The quantitative estimate of drug-likeness (QED) is 0.605. The molecule has 3 atom stereocenters. The average molecular weight is 339 g/mol. The molecule has 0 radical (unpaired) electrons. The van der Waals surface area contributed by atoms with Crippen molar-refractivity contribution >= 4 is 22.5 Å². The fourth-order valence-electron chi connectivity index (χ4n) is 4.42. The zero-order valence-corrected chi connectivity index (χ0v) is 13.7. The number of aromatic nitrogens is 1. The van der Waals surface area contributed by atoms with Crippen molar-refractivity contribution in [1.29, 1.82) is 0 Å². The number of benzene rings is 2. The van der Waals surface area contributed by atoms with E-state index >= 15 is 0 Å². The largest absolute Gasteiger partial charge is 0.492 e. The second-order valence-electron chi connectivity index (χ2n) is 6.73. The van der Waals surface area contributed by atoms with Crippen LogP contribution in [0.4, 0.5) is 0 Å². The van der Waals surface area contributed by atoms with Gasteiger partial charge in [-0.25, -0.2) is 0 Å². The van der Waals surface area contributed by atoms with E-state index in [1.807, 2.05) is 23.9 Å². The van der Waals surface area contributed by atoms with Crippen LogP contribution in [0.1, 0.15) is 35.8 Å². The molecule has 0 spiro atoms. The van der Waals surface area contributed by atoms with Gasteiger partial charge < -0.3 is 15.4 Å². The van der Waals surface area contributed by atoms with E-state index in [1.54, 1.807) is 0 Å². The minimum absolute atomic E-state index is 0.181. The maximum atomic E-state index is 10.1. The number of hydrogen-bond acceptors (Lipinski definition) is 4. The Hall–Kier alpha value is -2.27. The summed E-state index contributed by atoms with van der Waals surface area (Å²) in [6.07, 6.45) is 1.91. The molecule has 2 bridgehead atoms. The number of nitrogens with zero attached hydrogens (tertiary/aromatic N) is 1. The zero-order valence-electron chi connectivity index (χ0n) is 12.9. The van der Waals surface area contributed by atoms with Crippen LogP contribution in [0.2, 0.25) is 0 Å². The van der Waals surface area contributed by atoms with Crippen LogP contribution >= 0.6 is 11.8 Å². The van der Waals surface area contributed by atoms with Crippen molar-refractivity contribution in [3.8, 4) is 11.8 Å². The maximum absolute atomic E-state index is 10.1. The molecule has 1 heterocycles. The molecular formula is C19H17NO3S. The van der Waals surface area contributed by atoms with Crippen LogP contribution in [-0.2, 0) is 0 Å². The van der Waals surface area contributed by atoms with Crippen molar-refractivity contribution in [2.24, 2.45) is 0 Å². The van der Waals surface area contributed by atoms with Gasteiger partial charge in [0.2, 0.25) is 11.8 Å². The van der Waals surface area contributed by atoms with Crippen LogP contribution < -0.4 is 0 Å². The summed E-state index contributed by atoms with van der Waals surface area (Å²) in [4.78, 5) is 1.22. The Kier molecular flexibility index (Phi) is 2.86. The lowest BCUT2D eigenvalue weighted by Crippen LogP contribution is -2.11. The van der Waals surface area contributed by atoms with Gasteiger partial charge in [0.05, 0.1) is 0 Å². The minimum Gasteiger partial charge on any atom is -0.492 e. The monoisotopic (exact) mass is 339 g/mol. The first-order valence-corrected chi connectivity index (χ1v) is 9.02. The highest BCUT2D eigenvalue weighted by molar-refractivity contribution is 8.00. The van der Waals surface area contributed by atoms with E-state index in [-0.39, 0.29) is 23.6 Å². The molecule has 122 valence electrons. The van der Waals surface area contributed by atoms with Gasteiger partial charge in [0, 0.05) is 27.2 Å². The fraction of sp³-hybridized carbons (Fsp3) is 0.263. The molecule has 1 saturated carbocycles. The highest BCUT2D eigenvalue weighted by Crippen LogP contribution is 2.62. The molecule has 5 rings (SSSR count). The van der Waals surface area contributed by atoms with Crippen LogP contribution in [0.5, 0.6) is 11.8 Å². The first-order valence-electron chi connectivity index (χ1n) is 8.14. The molecule has 2 aromatic carbocycles.